The van der Waals surface area contributed by atoms with Gasteiger partial charge in [-0.1, -0.05) is 133 Å². The van der Waals surface area contributed by atoms with Crippen LogP contribution in [0.25, 0.3) is 72.8 Å². The average molecular weight is 551 g/mol. The van der Waals surface area contributed by atoms with Crippen LogP contribution in [-0.2, 0) is 0 Å². The topological polar surface area (TPSA) is 43.6 Å². The number of para-hydroxylation sites is 2. The Morgan fingerprint density at radius 2 is 0.860 bits per heavy atom. The quantitative estimate of drug-likeness (QED) is 0.214. The van der Waals surface area contributed by atoms with Crippen LogP contribution in [0.1, 0.15) is 0 Å². The van der Waals surface area contributed by atoms with Crippen molar-refractivity contribution in [3.05, 3.63) is 158 Å². The Labute approximate surface area is 249 Å². The largest absolute Gasteiger partial charge is 0.308 e. The number of fused-ring (bicyclic) bond motifs is 3. The molecule has 2 aromatic heterocycles. The standard InChI is InChI=1S/C39H26N4/c1-4-14-27(15-5-1)30-24-25-32-31-20-10-12-22-34(31)43(36(32)26-30)35-23-13-11-21-33(35)39-41-37(28-16-6-2-7-17-28)40-38(42-39)29-18-8-3-9-19-29/h1-26H. The van der Waals surface area contributed by atoms with Crippen LogP contribution in [0.15, 0.2) is 158 Å². The second kappa shape index (κ2) is 10.5. The third-order valence-corrected chi connectivity index (χ3v) is 7.87. The summed E-state index contributed by atoms with van der Waals surface area (Å²) in [7, 11) is 0. The van der Waals surface area contributed by atoms with Gasteiger partial charge in [-0.25, -0.2) is 15.0 Å². The van der Waals surface area contributed by atoms with E-state index in [0.717, 1.165) is 33.4 Å². The molecule has 0 aliphatic carbocycles. The number of benzene rings is 6. The molecule has 202 valence electrons. The number of aromatic nitrogens is 4. The lowest BCUT2D eigenvalue weighted by Crippen LogP contribution is -2.03. The van der Waals surface area contributed by atoms with Crippen molar-refractivity contribution >= 4 is 21.8 Å². The van der Waals surface area contributed by atoms with Crippen LogP contribution >= 0.6 is 0 Å². The molecular weight excluding hydrogens is 524 g/mol. The lowest BCUT2D eigenvalue weighted by molar-refractivity contribution is 1.06. The molecule has 43 heavy (non-hydrogen) atoms. The highest BCUT2D eigenvalue weighted by molar-refractivity contribution is 6.10. The van der Waals surface area contributed by atoms with Crippen molar-refractivity contribution in [3.63, 3.8) is 0 Å². The molecule has 0 unspecified atom stereocenters. The zero-order valence-corrected chi connectivity index (χ0v) is 23.3. The van der Waals surface area contributed by atoms with Gasteiger partial charge in [0.2, 0.25) is 0 Å². The fourth-order valence-electron chi connectivity index (χ4n) is 5.83. The molecule has 0 bridgehead atoms. The van der Waals surface area contributed by atoms with Gasteiger partial charge in [-0.05, 0) is 35.4 Å². The number of hydrogen-bond acceptors (Lipinski definition) is 3. The molecule has 0 radical (unpaired) electrons. The summed E-state index contributed by atoms with van der Waals surface area (Å²) in [6, 6.07) is 54.5. The van der Waals surface area contributed by atoms with Gasteiger partial charge >= 0.3 is 0 Å². The summed E-state index contributed by atoms with van der Waals surface area (Å²) in [5.74, 6) is 1.93. The molecule has 0 saturated heterocycles. The second-order valence-corrected chi connectivity index (χ2v) is 10.5. The molecule has 0 fully saturated rings. The molecule has 0 saturated carbocycles. The Balaban J connectivity index is 1.40. The van der Waals surface area contributed by atoms with Gasteiger partial charge in [0.1, 0.15) is 0 Å². The van der Waals surface area contributed by atoms with E-state index in [0.29, 0.717) is 17.5 Å². The minimum Gasteiger partial charge on any atom is -0.308 e. The van der Waals surface area contributed by atoms with E-state index < -0.39 is 0 Å². The predicted octanol–water partition coefficient (Wildman–Crippen LogP) is 9.64. The van der Waals surface area contributed by atoms with Crippen LogP contribution < -0.4 is 0 Å². The van der Waals surface area contributed by atoms with Crippen LogP contribution in [0, 0.1) is 0 Å². The summed E-state index contributed by atoms with van der Waals surface area (Å²) >= 11 is 0. The van der Waals surface area contributed by atoms with Crippen molar-refractivity contribution in [1.82, 2.24) is 19.5 Å². The first kappa shape index (κ1) is 24.9. The van der Waals surface area contributed by atoms with Gasteiger partial charge in [-0.2, -0.15) is 0 Å². The van der Waals surface area contributed by atoms with E-state index in [1.807, 2.05) is 60.7 Å². The summed E-state index contributed by atoms with van der Waals surface area (Å²) in [6.45, 7) is 0. The van der Waals surface area contributed by atoms with E-state index in [-0.39, 0.29) is 0 Å². The summed E-state index contributed by atoms with van der Waals surface area (Å²) in [6.07, 6.45) is 0. The average Bonchev–Trinajstić information content (AvgIpc) is 3.43. The molecule has 2 heterocycles. The number of hydrogen-bond donors (Lipinski definition) is 0. The highest BCUT2D eigenvalue weighted by atomic mass is 15.1. The van der Waals surface area contributed by atoms with Gasteiger partial charge in [-0.3, -0.25) is 0 Å². The van der Waals surface area contributed by atoms with Crippen molar-refractivity contribution in [1.29, 1.82) is 0 Å². The molecular formula is C39H26N4. The maximum Gasteiger partial charge on any atom is 0.166 e. The van der Waals surface area contributed by atoms with E-state index in [1.165, 1.54) is 21.9 Å². The lowest BCUT2D eigenvalue weighted by atomic mass is 10.0. The molecule has 6 aromatic carbocycles. The first-order valence-electron chi connectivity index (χ1n) is 14.4. The monoisotopic (exact) mass is 550 g/mol. The molecule has 0 N–H and O–H groups in total. The van der Waals surface area contributed by atoms with Gasteiger partial charge in [0.25, 0.3) is 0 Å². The molecule has 4 heteroatoms. The fraction of sp³-hybridized carbons (Fsp3) is 0. The van der Waals surface area contributed by atoms with Crippen molar-refractivity contribution in [2.24, 2.45) is 0 Å². The van der Waals surface area contributed by atoms with Crippen LogP contribution in [0.3, 0.4) is 0 Å². The highest BCUT2D eigenvalue weighted by Crippen LogP contribution is 2.37. The minimum atomic E-state index is 0.633. The Bertz CT molecular complexity index is 2160. The summed E-state index contributed by atoms with van der Waals surface area (Å²) < 4.78 is 2.35. The van der Waals surface area contributed by atoms with Crippen LogP contribution in [-0.4, -0.2) is 19.5 Å². The van der Waals surface area contributed by atoms with Crippen molar-refractivity contribution in [2.75, 3.05) is 0 Å². The van der Waals surface area contributed by atoms with Gasteiger partial charge in [0.05, 0.1) is 16.7 Å². The Morgan fingerprint density at radius 3 is 1.53 bits per heavy atom. The van der Waals surface area contributed by atoms with Gasteiger partial charge < -0.3 is 4.57 Å². The zero-order chi connectivity index (χ0) is 28.6. The third-order valence-electron chi connectivity index (χ3n) is 7.87. The molecule has 0 spiro atoms. The maximum absolute atomic E-state index is 5.06. The lowest BCUT2D eigenvalue weighted by Gasteiger charge is -2.15. The molecule has 0 amide bonds. The highest BCUT2D eigenvalue weighted by Gasteiger charge is 2.19. The van der Waals surface area contributed by atoms with E-state index in [1.54, 1.807) is 0 Å². The Morgan fingerprint density at radius 1 is 0.349 bits per heavy atom. The fourth-order valence-corrected chi connectivity index (χ4v) is 5.83. The summed E-state index contributed by atoms with van der Waals surface area (Å²) in [4.78, 5) is 15.0. The van der Waals surface area contributed by atoms with E-state index in [4.69, 9.17) is 15.0 Å². The van der Waals surface area contributed by atoms with Crippen LogP contribution in [0.2, 0.25) is 0 Å². The molecule has 8 aromatic rings. The SMILES string of the molecule is c1ccc(-c2ccc3c4ccccc4n(-c4ccccc4-c4nc(-c5ccccc5)nc(-c5ccccc5)n4)c3c2)cc1. The molecule has 4 nitrogen and oxygen atoms in total. The smallest absolute Gasteiger partial charge is 0.166 e. The molecule has 8 rings (SSSR count). The second-order valence-electron chi connectivity index (χ2n) is 10.5. The van der Waals surface area contributed by atoms with Crippen molar-refractivity contribution in [3.8, 4) is 51.0 Å². The Kier molecular flexibility index (Phi) is 6.08. The number of nitrogens with zero attached hydrogens (tertiary/aromatic N) is 4. The summed E-state index contributed by atoms with van der Waals surface area (Å²) in [5, 5.41) is 2.41. The van der Waals surface area contributed by atoms with E-state index >= 15 is 0 Å². The zero-order valence-electron chi connectivity index (χ0n) is 23.3. The van der Waals surface area contributed by atoms with Crippen molar-refractivity contribution < 1.29 is 0 Å². The molecule has 0 aliphatic rings. The number of rotatable bonds is 5. The normalized spacial score (nSPS) is 11.3. The van der Waals surface area contributed by atoms with Gasteiger partial charge in [0, 0.05) is 27.5 Å². The van der Waals surface area contributed by atoms with Gasteiger partial charge in [-0.15, -0.1) is 0 Å². The molecule has 0 atom stereocenters. The predicted molar refractivity (Wildman–Crippen MR) is 176 cm³/mol. The summed E-state index contributed by atoms with van der Waals surface area (Å²) in [5.41, 5.74) is 8.48. The maximum atomic E-state index is 5.06. The van der Waals surface area contributed by atoms with Crippen molar-refractivity contribution in [2.45, 2.75) is 0 Å². The first-order chi connectivity index (χ1) is 21.3. The molecule has 0 aliphatic heterocycles. The van der Waals surface area contributed by atoms with E-state index in [9.17, 15) is 0 Å². The van der Waals surface area contributed by atoms with E-state index in [2.05, 4.69) is 102 Å². The van der Waals surface area contributed by atoms with Crippen LogP contribution in [0.4, 0.5) is 0 Å². The van der Waals surface area contributed by atoms with Gasteiger partial charge in [0.15, 0.2) is 17.5 Å². The Hall–Kier alpha value is -5.87. The van der Waals surface area contributed by atoms with Crippen LogP contribution in [0.5, 0.6) is 0 Å². The first-order valence-corrected chi connectivity index (χ1v) is 14.4. The third kappa shape index (κ3) is 4.46. The minimum absolute atomic E-state index is 0.633.